The lowest BCUT2D eigenvalue weighted by molar-refractivity contribution is -0.180. The fourth-order valence-electron chi connectivity index (χ4n) is 7.49. The molecule has 1 N–H and O–H groups in total. The molecule has 8 atom stereocenters. The first-order chi connectivity index (χ1) is 9.08. The number of nitrogens with zero attached hydrogens (tertiary/aromatic N) is 1. The summed E-state index contributed by atoms with van der Waals surface area (Å²) in [5.74, 6) is 3.23. The predicted molar refractivity (Wildman–Crippen MR) is 70.5 cm³/mol. The van der Waals surface area contributed by atoms with Crippen LogP contribution >= 0.6 is 0 Å². The number of aliphatic hydroxyl groups excluding tert-OH is 1. The molecule has 19 heavy (non-hydrogen) atoms. The lowest BCUT2D eigenvalue weighted by Crippen LogP contribution is -2.70. The van der Waals surface area contributed by atoms with Gasteiger partial charge in [0.1, 0.15) is 5.78 Å². The zero-order valence-corrected chi connectivity index (χ0v) is 11.6. The number of piperidine rings is 2. The van der Waals surface area contributed by atoms with Crippen molar-refractivity contribution >= 4 is 5.78 Å². The number of carbonyl (C=O) groups excluding carboxylic acids is 1. The van der Waals surface area contributed by atoms with Gasteiger partial charge >= 0.3 is 0 Å². The summed E-state index contributed by atoms with van der Waals surface area (Å²) in [6, 6.07) is 0. The predicted octanol–water partition coefficient (Wildman–Crippen LogP) is 1.45. The van der Waals surface area contributed by atoms with Gasteiger partial charge in [-0.2, -0.15) is 0 Å². The van der Waals surface area contributed by atoms with E-state index >= 15 is 0 Å². The summed E-state index contributed by atoms with van der Waals surface area (Å²) < 4.78 is 0. The molecule has 0 aromatic rings. The first kappa shape index (κ1) is 11.3. The van der Waals surface area contributed by atoms with Crippen LogP contribution in [0.15, 0.2) is 0 Å². The van der Waals surface area contributed by atoms with Crippen molar-refractivity contribution in [1.82, 2.24) is 4.90 Å². The highest BCUT2D eigenvalue weighted by Crippen LogP contribution is 2.75. The molecule has 3 heteroatoms. The molecule has 3 aliphatic carbocycles. The van der Waals surface area contributed by atoms with Crippen LogP contribution in [0.25, 0.3) is 0 Å². The number of aliphatic hydroxyl groups is 1. The zero-order valence-electron chi connectivity index (χ0n) is 11.6. The summed E-state index contributed by atoms with van der Waals surface area (Å²) in [5.41, 5.74) is 0.143. The van der Waals surface area contributed by atoms with Crippen molar-refractivity contribution in [2.75, 3.05) is 13.1 Å². The maximum atomic E-state index is 12.2. The highest BCUT2D eigenvalue weighted by Gasteiger charge is 2.79. The summed E-state index contributed by atoms with van der Waals surface area (Å²) in [4.78, 5) is 14.7. The molecule has 2 aliphatic heterocycles. The topological polar surface area (TPSA) is 40.5 Å². The van der Waals surface area contributed by atoms with Crippen LogP contribution in [0.1, 0.15) is 39.0 Å². The quantitative estimate of drug-likeness (QED) is 0.717. The van der Waals surface area contributed by atoms with Gasteiger partial charge in [0.05, 0.1) is 12.6 Å². The van der Waals surface area contributed by atoms with Crippen LogP contribution in [-0.2, 0) is 4.79 Å². The second-order valence-corrected chi connectivity index (χ2v) is 8.16. The Bertz CT molecular complexity index is 477. The third-order valence-corrected chi connectivity index (χ3v) is 7.60. The van der Waals surface area contributed by atoms with Crippen molar-refractivity contribution in [3.05, 3.63) is 0 Å². The minimum atomic E-state index is -0.219. The van der Waals surface area contributed by atoms with Crippen molar-refractivity contribution in [1.29, 1.82) is 0 Å². The molecule has 5 rings (SSSR count). The Morgan fingerprint density at radius 3 is 3.00 bits per heavy atom. The Morgan fingerprint density at radius 2 is 2.16 bits per heavy atom. The van der Waals surface area contributed by atoms with Crippen LogP contribution in [0.4, 0.5) is 0 Å². The molecule has 1 spiro atoms. The monoisotopic (exact) mass is 261 g/mol. The summed E-state index contributed by atoms with van der Waals surface area (Å²) in [5, 5.41) is 10.9. The van der Waals surface area contributed by atoms with Gasteiger partial charge in [0.25, 0.3) is 0 Å². The Kier molecular flexibility index (Phi) is 1.83. The largest absolute Gasteiger partial charge is 0.392 e. The minimum Gasteiger partial charge on any atom is -0.392 e. The summed E-state index contributed by atoms with van der Waals surface area (Å²) in [6.45, 7) is 4.13. The van der Waals surface area contributed by atoms with E-state index in [1.807, 2.05) is 0 Å². The fraction of sp³-hybridized carbons (Fsp3) is 0.938. The van der Waals surface area contributed by atoms with E-state index < -0.39 is 0 Å². The molecule has 0 aromatic heterocycles. The lowest BCUT2D eigenvalue weighted by atomic mass is 9.48. The number of ketones is 1. The van der Waals surface area contributed by atoms with Gasteiger partial charge < -0.3 is 5.11 Å². The molecular formula is C16H23NO2. The van der Waals surface area contributed by atoms with Gasteiger partial charge in [-0.25, -0.2) is 0 Å². The van der Waals surface area contributed by atoms with Crippen LogP contribution in [0.2, 0.25) is 0 Å². The molecule has 0 amide bonds. The maximum absolute atomic E-state index is 12.2. The van der Waals surface area contributed by atoms with Gasteiger partial charge in [0.2, 0.25) is 0 Å². The first-order valence-corrected chi connectivity index (χ1v) is 8.03. The van der Waals surface area contributed by atoms with E-state index in [-0.39, 0.29) is 17.1 Å². The molecule has 6 bridgehead atoms. The van der Waals surface area contributed by atoms with E-state index in [9.17, 15) is 9.90 Å². The average molecular weight is 261 g/mol. The molecular weight excluding hydrogens is 238 g/mol. The van der Waals surface area contributed by atoms with E-state index in [0.717, 1.165) is 24.8 Å². The molecule has 0 radical (unpaired) electrons. The van der Waals surface area contributed by atoms with E-state index in [4.69, 9.17) is 0 Å². The smallest absolute Gasteiger partial charge is 0.147 e. The van der Waals surface area contributed by atoms with Gasteiger partial charge in [0.15, 0.2) is 0 Å². The van der Waals surface area contributed by atoms with E-state index in [0.29, 0.717) is 30.6 Å². The Labute approximate surface area is 114 Å². The normalized spacial score (nSPS) is 65.5. The number of Topliss-reactive ketones (excluding diaryl/α,β-unsaturated/α-hetero) is 1. The molecule has 3 nitrogen and oxygen atoms in total. The zero-order chi connectivity index (χ0) is 13.0. The fourth-order valence-corrected chi connectivity index (χ4v) is 7.49. The summed E-state index contributed by atoms with van der Waals surface area (Å²) in [7, 11) is 0. The van der Waals surface area contributed by atoms with Gasteiger partial charge in [-0.15, -0.1) is 0 Å². The van der Waals surface area contributed by atoms with Crippen molar-refractivity contribution < 1.29 is 9.90 Å². The Balaban J connectivity index is 1.75. The van der Waals surface area contributed by atoms with Crippen LogP contribution in [0.5, 0.6) is 0 Å². The first-order valence-electron chi connectivity index (χ1n) is 8.03. The van der Waals surface area contributed by atoms with Gasteiger partial charge in [-0.3, -0.25) is 9.69 Å². The number of rotatable bonds is 0. The Hall–Kier alpha value is -0.410. The highest BCUT2D eigenvalue weighted by atomic mass is 16.3. The molecule has 2 heterocycles. The number of hydrogen-bond donors (Lipinski definition) is 1. The average Bonchev–Trinajstić information content (AvgIpc) is 2.62. The third kappa shape index (κ3) is 0.964. The molecule has 3 saturated carbocycles. The van der Waals surface area contributed by atoms with E-state index in [2.05, 4.69) is 11.8 Å². The lowest BCUT2D eigenvalue weighted by Gasteiger charge is -2.63. The molecule has 1 unspecified atom stereocenters. The summed E-state index contributed by atoms with van der Waals surface area (Å²) >= 11 is 0. The second-order valence-electron chi connectivity index (χ2n) is 8.16. The number of hydrogen-bond acceptors (Lipinski definition) is 3. The SMILES string of the molecule is C[C@@H]1C[C@H]2C[C@@H](O)[C@]34CC(=O)CN5C[C@H]3C[C@H]2[C@@]54C1. The molecule has 5 aliphatic rings. The van der Waals surface area contributed by atoms with Crippen molar-refractivity contribution in [3.63, 3.8) is 0 Å². The molecule has 5 fully saturated rings. The van der Waals surface area contributed by atoms with Crippen LogP contribution in [0.3, 0.4) is 0 Å². The van der Waals surface area contributed by atoms with Gasteiger partial charge in [-0.05, 0) is 49.4 Å². The number of carbonyl (C=O) groups is 1. The van der Waals surface area contributed by atoms with Crippen molar-refractivity contribution in [2.24, 2.45) is 29.1 Å². The molecule has 0 aromatic carbocycles. The van der Waals surface area contributed by atoms with Crippen LogP contribution in [-0.4, -0.2) is 40.5 Å². The minimum absolute atomic E-state index is 0.0574. The van der Waals surface area contributed by atoms with Gasteiger partial charge in [-0.1, -0.05) is 6.92 Å². The summed E-state index contributed by atoms with van der Waals surface area (Å²) in [6.07, 6.45) is 5.24. The Morgan fingerprint density at radius 1 is 1.32 bits per heavy atom. The highest BCUT2D eigenvalue weighted by molar-refractivity contribution is 5.83. The standard InChI is InChI=1S/C16H23NO2/c1-9-2-10-3-14(19)15-6-12(18)8-17-7-11(15)4-13(10)16(15,17)5-9/h9-11,13-14,19H,2-8H2,1H3/t9-,10+,11-,13-,14-,15+,16-/m1/s1. The molecule has 2 saturated heterocycles. The van der Waals surface area contributed by atoms with Crippen molar-refractivity contribution in [2.45, 2.75) is 50.7 Å². The van der Waals surface area contributed by atoms with Crippen molar-refractivity contribution in [3.8, 4) is 0 Å². The molecule has 104 valence electrons. The van der Waals surface area contributed by atoms with E-state index in [1.165, 1.54) is 19.3 Å². The van der Waals surface area contributed by atoms with Gasteiger partial charge in [0, 0.05) is 23.9 Å². The second kappa shape index (κ2) is 3.09. The third-order valence-electron chi connectivity index (χ3n) is 7.60. The van der Waals surface area contributed by atoms with Crippen LogP contribution < -0.4 is 0 Å². The maximum Gasteiger partial charge on any atom is 0.147 e. The van der Waals surface area contributed by atoms with E-state index in [1.54, 1.807) is 0 Å². The van der Waals surface area contributed by atoms with Crippen LogP contribution in [0, 0.1) is 29.1 Å².